The molecular weight excluding hydrogens is 625 g/mol. The number of benzene rings is 3. The highest BCUT2D eigenvalue weighted by Crippen LogP contribution is 2.34. The fraction of sp³-hybridized carbons (Fsp3) is 0.471. The fourth-order valence-electron chi connectivity index (χ4n) is 6.03. The van der Waals surface area contributed by atoms with E-state index in [9.17, 15) is 4.39 Å². The molecule has 1 aliphatic rings. The van der Waals surface area contributed by atoms with Crippen LogP contribution in [0.15, 0.2) is 60.7 Å². The second kappa shape index (κ2) is 17.1. The van der Waals surface area contributed by atoms with Gasteiger partial charge in [-0.3, -0.25) is 9.80 Å². The molecule has 0 N–H and O–H groups in total. The van der Waals surface area contributed by atoms with E-state index in [0.717, 1.165) is 75.7 Å². The van der Waals surface area contributed by atoms with E-state index in [0.29, 0.717) is 23.5 Å². The van der Waals surface area contributed by atoms with Crippen LogP contribution in [0.3, 0.4) is 0 Å². The van der Waals surface area contributed by atoms with Gasteiger partial charge in [-0.15, -0.1) is 46.4 Å². The Balaban J connectivity index is 1.60. The van der Waals surface area contributed by atoms with Gasteiger partial charge in [-0.25, -0.2) is 4.39 Å². The first-order valence-corrected chi connectivity index (χ1v) is 17.2. The predicted octanol–water partition coefficient (Wildman–Crippen LogP) is 8.42. The zero-order valence-electron chi connectivity index (χ0n) is 25.2. The molecule has 1 fully saturated rings. The molecule has 0 aliphatic carbocycles. The lowest BCUT2D eigenvalue weighted by atomic mass is 10.0. The number of anilines is 2. The van der Waals surface area contributed by atoms with Gasteiger partial charge in [0.15, 0.2) is 0 Å². The van der Waals surface area contributed by atoms with Gasteiger partial charge in [0.2, 0.25) is 0 Å². The smallest absolute Gasteiger partial charge is 0.123 e. The van der Waals surface area contributed by atoms with Crippen LogP contribution in [0.2, 0.25) is 0 Å². The van der Waals surface area contributed by atoms with E-state index in [-0.39, 0.29) is 12.0 Å². The van der Waals surface area contributed by atoms with Crippen molar-refractivity contribution in [2.24, 2.45) is 0 Å². The first kappa shape index (κ1) is 34.1. The molecular formula is C34H43Cl4FN4. The van der Waals surface area contributed by atoms with Crippen molar-refractivity contribution in [3.05, 3.63) is 94.3 Å². The van der Waals surface area contributed by atoms with Crippen molar-refractivity contribution in [1.29, 1.82) is 0 Å². The molecule has 3 aromatic rings. The largest absolute Gasteiger partial charge is 0.369 e. The fourth-order valence-corrected chi connectivity index (χ4v) is 6.85. The minimum Gasteiger partial charge on any atom is -0.369 e. The Labute approximate surface area is 277 Å². The Hall–Kier alpha value is -1.73. The quantitative estimate of drug-likeness (QED) is 0.151. The molecule has 0 saturated carbocycles. The summed E-state index contributed by atoms with van der Waals surface area (Å²) < 4.78 is 14.0. The zero-order valence-corrected chi connectivity index (χ0v) is 28.2. The molecule has 4 nitrogen and oxygen atoms in total. The van der Waals surface area contributed by atoms with Crippen molar-refractivity contribution in [3.8, 4) is 0 Å². The molecule has 0 unspecified atom stereocenters. The van der Waals surface area contributed by atoms with Gasteiger partial charge in [0.05, 0.1) is 6.17 Å². The average molecular weight is 669 g/mol. The van der Waals surface area contributed by atoms with Crippen molar-refractivity contribution < 1.29 is 4.39 Å². The number of halogens is 5. The average Bonchev–Trinajstić information content (AvgIpc) is 3.00. The van der Waals surface area contributed by atoms with Crippen molar-refractivity contribution in [2.75, 3.05) is 72.6 Å². The van der Waals surface area contributed by atoms with Crippen LogP contribution in [0.4, 0.5) is 15.8 Å². The van der Waals surface area contributed by atoms with E-state index in [1.807, 2.05) is 12.1 Å². The highest BCUT2D eigenvalue weighted by Gasteiger charge is 2.31. The second-order valence-corrected chi connectivity index (χ2v) is 12.7. The molecule has 43 heavy (non-hydrogen) atoms. The Bertz CT molecular complexity index is 1200. The van der Waals surface area contributed by atoms with E-state index in [2.05, 4.69) is 69.8 Å². The van der Waals surface area contributed by atoms with Crippen molar-refractivity contribution >= 4 is 57.8 Å². The lowest BCUT2D eigenvalue weighted by Gasteiger charge is -2.45. The van der Waals surface area contributed by atoms with Gasteiger partial charge in [0, 0.05) is 87.3 Å². The third kappa shape index (κ3) is 9.15. The first-order valence-electron chi connectivity index (χ1n) is 15.0. The molecule has 0 aromatic heterocycles. The summed E-state index contributed by atoms with van der Waals surface area (Å²) in [6, 6.07) is 20.3. The van der Waals surface area contributed by atoms with Gasteiger partial charge in [-0.1, -0.05) is 24.3 Å². The predicted molar refractivity (Wildman–Crippen MR) is 184 cm³/mol. The molecule has 9 heteroatoms. The standard InChI is InChI=1S/C34H43Cl4FN4/c1-26-22-32(40(18-12-35)19-13-36)10-6-29(26)24-42-16-3-17-43(34(42)28-4-8-31(39)9-5-28)25-30-7-11-33(23-27(30)2)41(20-14-37)21-15-38/h4-11,22-23,34H,3,12-21,24-25H2,1-2H3. The molecule has 3 aromatic carbocycles. The van der Waals surface area contributed by atoms with Crippen LogP contribution in [-0.2, 0) is 13.1 Å². The molecule has 1 saturated heterocycles. The van der Waals surface area contributed by atoms with Crippen LogP contribution in [-0.4, -0.2) is 72.6 Å². The summed E-state index contributed by atoms with van der Waals surface area (Å²) in [5.41, 5.74) is 8.45. The number of rotatable bonds is 15. The molecule has 0 atom stereocenters. The molecule has 0 amide bonds. The number of nitrogens with zero attached hydrogens (tertiary/aromatic N) is 4. The summed E-state index contributed by atoms with van der Waals surface area (Å²) in [6.45, 7) is 10.9. The molecule has 1 aliphatic heterocycles. The summed E-state index contributed by atoms with van der Waals surface area (Å²) in [4.78, 5) is 9.53. The van der Waals surface area contributed by atoms with E-state index in [1.54, 1.807) is 12.1 Å². The highest BCUT2D eigenvalue weighted by atomic mass is 35.5. The Morgan fingerprint density at radius 3 is 1.44 bits per heavy atom. The summed E-state index contributed by atoms with van der Waals surface area (Å²) in [5, 5.41) is 0. The van der Waals surface area contributed by atoms with Gasteiger partial charge in [0.1, 0.15) is 5.82 Å². The van der Waals surface area contributed by atoms with Gasteiger partial charge in [-0.2, -0.15) is 0 Å². The zero-order chi connectivity index (χ0) is 30.8. The van der Waals surface area contributed by atoms with Gasteiger partial charge >= 0.3 is 0 Å². The third-order valence-corrected chi connectivity index (χ3v) is 8.97. The second-order valence-electron chi connectivity index (χ2n) is 11.2. The first-order chi connectivity index (χ1) is 20.9. The number of hydrogen-bond donors (Lipinski definition) is 0. The molecule has 0 bridgehead atoms. The maximum atomic E-state index is 14.0. The molecule has 1 heterocycles. The van der Waals surface area contributed by atoms with E-state index in [4.69, 9.17) is 46.4 Å². The molecule has 0 spiro atoms. The van der Waals surface area contributed by atoms with Crippen LogP contribution in [0.5, 0.6) is 0 Å². The van der Waals surface area contributed by atoms with E-state index < -0.39 is 0 Å². The van der Waals surface area contributed by atoms with Crippen LogP contribution < -0.4 is 9.80 Å². The van der Waals surface area contributed by atoms with Crippen LogP contribution >= 0.6 is 46.4 Å². The summed E-state index contributed by atoms with van der Waals surface area (Å²) in [6.07, 6.45) is 1.09. The van der Waals surface area contributed by atoms with Gasteiger partial charge < -0.3 is 9.80 Å². The minimum atomic E-state index is -0.215. The number of alkyl halides is 4. The number of hydrogen-bond acceptors (Lipinski definition) is 4. The number of aryl methyl sites for hydroxylation is 2. The highest BCUT2D eigenvalue weighted by molar-refractivity contribution is 6.19. The Morgan fingerprint density at radius 2 is 1.07 bits per heavy atom. The Morgan fingerprint density at radius 1 is 0.651 bits per heavy atom. The van der Waals surface area contributed by atoms with Crippen molar-refractivity contribution in [3.63, 3.8) is 0 Å². The van der Waals surface area contributed by atoms with Gasteiger partial charge in [0.25, 0.3) is 0 Å². The maximum Gasteiger partial charge on any atom is 0.123 e. The van der Waals surface area contributed by atoms with Crippen LogP contribution in [0.1, 0.15) is 40.4 Å². The third-order valence-electron chi connectivity index (χ3n) is 8.30. The lowest BCUT2D eigenvalue weighted by Crippen LogP contribution is -2.47. The monoisotopic (exact) mass is 666 g/mol. The SMILES string of the molecule is Cc1cc(N(CCCl)CCCl)ccc1CN1CCCN(Cc2ccc(N(CCCl)CCCl)cc2C)C1c1ccc(F)cc1. The topological polar surface area (TPSA) is 13.0 Å². The summed E-state index contributed by atoms with van der Waals surface area (Å²) >= 11 is 24.3. The Kier molecular flexibility index (Phi) is 13.6. The van der Waals surface area contributed by atoms with E-state index >= 15 is 0 Å². The lowest BCUT2D eigenvalue weighted by molar-refractivity contribution is -0.00931. The normalized spacial score (nSPS) is 14.8. The summed E-state index contributed by atoms with van der Waals surface area (Å²) in [5.74, 6) is 2.01. The van der Waals surface area contributed by atoms with Crippen molar-refractivity contribution in [2.45, 2.75) is 39.5 Å². The minimum absolute atomic E-state index is 0.0282. The maximum absolute atomic E-state index is 14.0. The molecule has 234 valence electrons. The summed E-state index contributed by atoms with van der Waals surface area (Å²) in [7, 11) is 0. The van der Waals surface area contributed by atoms with Crippen molar-refractivity contribution in [1.82, 2.24) is 9.80 Å². The molecule has 4 rings (SSSR count). The van der Waals surface area contributed by atoms with Gasteiger partial charge in [-0.05, 0) is 84.5 Å². The van der Waals surface area contributed by atoms with E-state index in [1.165, 1.54) is 22.3 Å². The molecule has 0 radical (unpaired) electrons. The van der Waals surface area contributed by atoms with Crippen LogP contribution in [0.25, 0.3) is 0 Å². The van der Waals surface area contributed by atoms with Crippen LogP contribution in [0, 0.1) is 19.7 Å².